The number of anilines is 2. The Balaban J connectivity index is 2.04. The lowest BCUT2D eigenvalue weighted by atomic mass is 10.2. The highest BCUT2D eigenvalue weighted by Gasteiger charge is 2.24. The fourth-order valence-electron chi connectivity index (χ4n) is 1.98. The lowest BCUT2D eigenvalue weighted by Gasteiger charge is -2.12. The first-order chi connectivity index (χ1) is 8.47. The van der Waals surface area contributed by atoms with Crippen LogP contribution in [0, 0.1) is 0 Å². The van der Waals surface area contributed by atoms with Crippen molar-refractivity contribution in [3.05, 3.63) is 4.88 Å². The Morgan fingerprint density at radius 3 is 2.83 bits per heavy atom. The van der Waals surface area contributed by atoms with Crippen molar-refractivity contribution in [1.29, 1.82) is 0 Å². The van der Waals surface area contributed by atoms with E-state index in [0.29, 0.717) is 10.7 Å². The van der Waals surface area contributed by atoms with Gasteiger partial charge in [-0.05, 0) is 20.0 Å². The molecule has 1 aromatic heterocycles. The second-order valence-electron chi connectivity index (χ2n) is 4.83. The second kappa shape index (κ2) is 5.11. The molecule has 0 aliphatic carbocycles. The molecule has 1 fully saturated rings. The van der Waals surface area contributed by atoms with Crippen molar-refractivity contribution < 1.29 is 4.79 Å². The van der Waals surface area contributed by atoms with Crippen molar-refractivity contribution in [3.8, 4) is 0 Å². The molecule has 2 heterocycles. The standard InChI is InChI=1S/C11H19N5OS/c1-15(2)11-14-9(12)8(18-11)10(17)13-7-4-5-16(3)6-7/h7H,4-6,12H2,1-3H3,(H,13,17). The van der Waals surface area contributed by atoms with Crippen LogP contribution >= 0.6 is 11.3 Å². The molecule has 0 saturated carbocycles. The average Bonchev–Trinajstić information content (AvgIpc) is 2.85. The number of aromatic nitrogens is 1. The lowest BCUT2D eigenvalue weighted by Crippen LogP contribution is -2.36. The van der Waals surface area contributed by atoms with Crippen LogP contribution in [0.5, 0.6) is 0 Å². The first-order valence-electron chi connectivity index (χ1n) is 5.90. The summed E-state index contributed by atoms with van der Waals surface area (Å²) in [4.78, 5) is 20.8. The predicted octanol–water partition coefficient (Wildman–Crippen LogP) is 0.225. The van der Waals surface area contributed by atoms with E-state index in [0.717, 1.165) is 24.6 Å². The number of likely N-dealkylation sites (tertiary alicyclic amines) is 1. The van der Waals surface area contributed by atoms with Gasteiger partial charge < -0.3 is 20.9 Å². The van der Waals surface area contributed by atoms with Crippen molar-refractivity contribution >= 4 is 28.2 Å². The van der Waals surface area contributed by atoms with Gasteiger partial charge in [0, 0.05) is 26.7 Å². The van der Waals surface area contributed by atoms with Crippen LogP contribution in [0.1, 0.15) is 16.1 Å². The molecule has 1 amide bonds. The number of carbonyl (C=O) groups excluding carboxylic acids is 1. The van der Waals surface area contributed by atoms with Crippen molar-refractivity contribution in [2.45, 2.75) is 12.5 Å². The van der Waals surface area contributed by atoms with Crippen molar-refractivity contribution in [1.82, 2.24) is 15.2 Å². The zero-order valence-electron chi connectivity index (χ0n) is 10.9. The smallest absolute Gasteiger partial charge is 0.265 e. The highest BCUT2D eigenvalue weighted by atomic mass is 32.1. The van der Waals surface area contributed by atoms with E-state index in [1.165, 1.54) is 11.3 Å². The Morgan fingerprint density at radius 1 is 1.61 bits per heavy atom. The van der Waals surface area contributed by atoms with E-state index in [2.05, 4.69) is 22.2 Å². The van der Waals surface area contributed by atoms with Crippen LogP contribution in [0.3, 0.4) is 0 Å². The molecular formula is C11H19N5OS. The minimum Gasteiger partial charge on any atom is -0.382 e. The zero-order chi connectivity index (χ0) is 13.3. The van der Waals surface area contributed by atoms with Gasteiger partial charge in [0.25, 0.3) is 5.91 Å². The Morgan fingerprint density at radius 2 is 2.33 bits per heavy atom. The molecule has 1 aliphatic rings. The third kappa shape index (κ3) is 2.73. The largest absolute Gasteiger partial charge is 0.382 e. The van der Waals surface area contributed by atoms with Gasteiger partial charge in [-0.2, -0.15) is 0 Å². The van der Waals surface area contributed by atoms with E-state index in [1.54, 1.807) is 0 Å². The monoisotopic (exact) mass is 269 g/mol. The van der Waals surface area contributed by atoms with E-state index in [9.17, 15) is 4.79 Å². The SMILES string of the molecule is CN1CCC(NC(=O)c2sc(N(C)C)nc2N)C1. The zero-order valence-corrected chi connectivity index (χ0v) is 11.8. The summed E-state index contributed by atoms with van der Waals surface area (Å²) in [6, 6.07) is 0.215. The minimum atomic E-state index is -0.113. The third-order valence-electron chi connectivity index (χ3n) is 2.96. The maximum atomic E-state index is 12.1. The Kier molecular flexibility index (Phi) is 3.72. The van der Waals surface area contributed by atoms with Gasteiger partial charge in [-0.15, -0.1) is 0 Å². The number of nitrogen functional groups attached to an aromatic ring is 1. The molecule has 1 saturated heterocycles. The van der Waals surface area contributed by atoms with Gasteiger partial charge in [-0.25, -0.2) is 4.98 Å². The topological polar surface area (TPSA) is 74.5 Å². The number of nitrogens with two attached hydrogens (primary N) is 1. The van der Waals surface area contributed by atoms with Crippen LogP contribution in [0.4, 0.5) is 10.9 Å². The van der Waals surface area contributed by atoms with Gasteiger partial charge in [0.05, 0.1) is 0 Å². The van der Waals surface area contributed by atoms with E-state index >= 15 is 0 Å². The molecule has 100 valence electrons. The molecule has 1 atom stereocenters. The summed E-state index contributed by atoms with van der Waals surface area (Å²) in [6.45, 7) is 1.91. The van der Waals surface area contributed by atoms with Gasteiger partial charge >= 0.3 is 0 Å². The van der Waals surface area contributed by atoms with E-state index in [4.69, 9.17) is 5.73 Å². The van der Waals surface area contributed by atoms with Crippen molar-refractivity contribution in [2.75, 3.05) is 44.9 Å². The number of carbonyl (C=O) groups is 1. The molecule has 18 heavy (non-hydrogen) atoms. The molecule has 0 aromatic carbocycles. The maximum Gasteiger partial charge on any atom is 0.265 e. The van der Waals surface area contributed by atoms with E-state index < -0.39 is 0 Å². The normalized spacial score (nSPS) is 20.1. The predicted molar refractivity (Wildman–Crippen MR) is 74.2 cm³/mol. The summed E-state index contributed by atoms with van der Waals surface area (Å²) < 4.78 is 0. The molecule has 6 nitrogen and oxygen atoms in total. The van der Waals surface area contributed by atoms with E-state index in [-0.39, 0.29) is 11.9 Å². The molecule has 2 rings (SSSR count). The van der Waals surface area contributed by atoms with Crippen LogP contribution in [-0.4, -0.2) is 56.1 Å². The summed E-state index contributed by atoms with van der Waals surface area (Å²) in [7, 11) is 5.81. The molecule has 1 aromatic rings. The highest BCUT2D eigenvalue weighted by molar-refractivity contribution is 7.18. The summed E-state index contributed by atoms with van der Waals surface area (Å²) in [5.74, 6) is 0.200. The van der Waals surface area contributed by atoms with Crippen molar-refractivity contribution in [2.24, 2.45) is 0 Å². The van der Waals surface area contributed by atoms with Crippen LogP contribution in [0.2, 0.25) is 0 Å². The van der Waals surface area contributed by atoms with Crippen molar-refractivity contribution in [3.63, 3.8) is 0 Å². The lowest BCUT2D eigenvalue weighted by molar-refractivity contribution is 0.0943. The average molecular weight is 269 g/mol. The number of nitrogens with one attached hydrogen (secondary N) is 1. The summed E-state index contributed by atoms with van der Waals surface area (Å²) in [5, 5.41) is 3.76. The number of likely N-dealkylation sites (N-methyl/N-ethyl adjacent to an activating group) is 1. The Hall–Kier alpha value is -1.34. The van der Waals surface area contributed by atoms with Gasteiger partial charge in [0.2, 0.25) is 0 Å². The van der Waals surface area contributed by atoms with E-state index in [1.807, 2.05) is 19.0 Å². The number of hydrogen-bond acceptors (Lipinski definition) is 6. The number of rotatable bonds is 3. The molecule has 1 unspecified atom stereocenters. The molecule has 0 spiro atoms. The molecule has 0 radical (unpaired) electrons. The summed E-state index contributed by atoms with van der Waals surface area (Å²) >= 11 is 1.32. The highest BCUT2D eigenvalue weighted by Crippen LogP contribution is 2.26. The quantitative estimate of drug-likeness (QED) is 0.821. The molecule has 1 aliphatic heterocycles. The molecule has 0 bridgehead atoms. The first-order valence-corrected chi connectivity index (χ1v) is 6.72. The van der Waals surface area contributed by atoms with Crippen LogP contribution in [0.15, 0.2) is 0 Å². The Labute approximate surface area is 111 Å². The van der Waals surface area contributed by atoms with Gasteiger partial charge in [0.15, 0.2) is 5.13 Å². The fraction of sp³-hybridized carbons (Fsp3) is 0.636. The van der Waals surface area contributed by atoms with Gasteiger partial charge in [0.1, 0.15) is 10.7 Å². The molecular weight excluding hydrogens is 250 g/mol. The fourth-order valence-corrected chi connectivity index (χ4v) is 2.79. The first kappa shape index (κ1) is 13.1. The summed E-state index contributed by atoms with van der Waals surface area (Å²) in [5.41, 5.74) is 5.78. The van der Waals surface area contributed by atoms with Gasteiger partial charge in [-0.3, -0.25) is 4.79 Å². The minimum absolute atomic E-state index is 0.113. The van der Waals surface area contributed by atoms with Crippen LogP contribution in [-0.2, 0) is 0 Å². The van der Waals surface area contributed by atoms with Gasteiger partial charge in [-0.1, -0.05) is 11.3 Å². The van der Waals surface area contributed by atoms with Crippen LogP contribution in [0.25, 0.3) is 0 Å². The third-order valence-corrected chi connectivity index (χ3v) is 4.20. The summed E-state index contributed by atoms with van der Waals surface area (Å²) in [6.07, 6.45) is 0.988. The molecule has 7 heteroatoms. The Bertz CT molecular complexity index is 445. The number of hydrogen-bond donors (Lipinski definition) is 2. The number of nitrogens with zero attached hydrogens (tertiary/aromatic N) is 3. The number of thiazole rings is 1. The second-order valence-corrected chi connectivity index (χ2v) is 5.80. The molecule has 3 N–H and O–H groups in total. The maximum absolute atomic E-state index is 12.1. The number of amides is 1. The van der Waals surface area contributed by atoms with Crippen LogP contribution < -0.4 is 16.0 Å².